The van der Waals surface area contributed by atoms with Gasteiger partial charge in [-0.15, -0.1) is 0 Å². The summed E-state index contributed by atoms with van der Waals surface area (Å²) in [6, 6.07) is 12.9. The van der Waals surface area contributed by atoms with E-state index in [4.69, 9.17) is 4.52 Å². The van der Waals surface area contributed by atoms with Crippen LogP contribution >= 0.6 is 15.9 Å². The number of benzene rings is 2. The van der Waals surface area contributed by atoms with E-state index in [0.29, 0.717) is 4.90 Å². The third-order valence-electron chi connectivity index (χ3n) is 4.62. The first-order chi connectivity index (χ1) is 12.4. The van der Waals surface area contributed by atoms with Gasteiger partial charge >= 0.3 is 0 Å². The number of piperazine rings is 1. The molecule has 1 aliphatic rings. The molecule has 1 aromatic heterocycles. The van der Waals surface area contributed by atoms with Gasteiger partial charge in [-0.05, 0) is 42.5 Å². The molecule has 8 heteroatoms. The molecule has 0 spiro atoms. The maximum Gasteiger partial charge on any atom is 0.180 e. The van der Waals surface area contributed by atoms with Crippen LogP contribution in [-0.4, -0.2) is 46.0 Å². The predicted octanol–water partition coefficient (Wildman–Crippen LogP) is 3.32. The minimum atomic E-state index is -3.16. The summed E-state index contributed by atoms with van der Waals surface area (Å²) in [6.45, 7) is 3.31. The molecule has 1 saturated heterocycles. The van der Waals surface area contributed by atoms with Gasteiger partial charge in [0.2, 0.25) is 0 Å². The Labute approximate surface area is 160 Å². The van der Waals surface area contributed by atoms with E-state index >= 15 is 0 Å². The molecular formula is C18H18BrN3O3S. The Kier molecular flexibility index (Phi) is 4.40. The monoisotopic (exact) mass is 435 g/mol. The Morgan fingerprint density at radius 1 is 1.00 bits per heavy atom. The minimum absolute atomic E-state index is 0.347. The van der Waals surface area contributed by atoms with E-state index in [0.717, 1.165) is 53.1 Å². The molecule has 0 bridgehead atoms. The summed E-state index contributed by atoms with van der Waals surface area (Å²) in [5.41, 5.74) is 1.81. The fourth-order valence-corrected chi connectivity index (χ4v) is 4.20. The maximum absolute atomic E-state index is 11.6. The Morgan fingerprint density at radius 2 is 1.65 bits per heavy atom. The number of hydrogen-bond donors (Lipinski definition) is 0. The van der Waals surface area contributed by atoms with E-state index in [9.17, 15) is 8.42 Å². The number of anilines is 2. The van der Waals surface area contributed by atoms with Crippen LogP contribution < -0.4 is 9.80 Å². The molecule has 1 fully saturated rings. The lowest BCUT2D eigenvalue weighted by Crippen LogP contribution is -2.46. The summed E-state index contributed by atoms with van der Waals surface area (Å²) in [6.07, 6.45) is 1.22. The Morgan fingerprint density at radius 3 is 2.31 bits per heavy atom. The first kappa shape index (κ1) is 17.4. The lowest BCUT2D eigenvalue weighted by atomic mass is 10.2. The number of aromatic nitrogens is 1. The van der Waals surface area contributed by atoms with Crippen molar-refractivity contribution in [2.24, 2.45) is 0 Å². The highest BCUT2D eigenvalue weighted by Gasteiger charge is 2.22. The molecule has 0 N–H and O–H groups in total. The highest BCUT2D eigenvalue weighted by Crippen LogP contribution is 2.30. The Bertz CT molecular complexity index is 1040. The van der Waals surface area contributed by atoms with Gasteiger partial charge in [-0.25, -0.2) is 8.42 Å². The van der Waals surface area contributed by atoms with Gasteiger partial charge in [-0.1, -0.05) is 21.1 Å². The predicted molar refractivity (Wildman–Crippen MR) is 106 cm³/mol. The van der Waals surface area contributed by atoms with Gasteiger partial charge in [-0.2, -0.15) is 0 Å². The molecule has 0 saturated carbocycles. The van der Waals surface area contributed by atoms with Crippen LogP contribution in [0.5, 0.6) is 0 Å². The number of nitrogens with zero attached hydrogens (tertiary/aromatic N) is 3. The number of hydrogen-bond acceptors (Lipinski definition) is 6. The summed E-state index contributed by atoms with van der Waals surface area (Å²) in [4.78, 5) is 4.82. The van der Waals surface area contributed by atoms with Crippen LogP contribution in [0.4, 0.5) is 11.5 Å². The zero-order valence-corrected chi connectivity index (χ0v) is 16.6. The van der Waals surface area contributed by atoms with Gasteiger partial charge in [-0.3, -0.25) is 0 Å². The van der Waals surface area contributed by atoms with E-state index in [-0.39, 0.29) is 0 Å². The summed E-state index contributed by atoms with van der Waals surface area (Å²) in [5.74, 6) is 0.869. The fourth-order valence-electron chi connectivity index (χ4n) is 3.21. The van der Waals surface area contributed by atoms with Crippen LogP contribution in [0.3, 0.4) is 0 Å². The van der Waals surface area contributed by atoms with Crippen LogP contribution in [0.2, 0.25) is 0 Å². The van der Waals surface area contributed by atoms with Crippen molar-refractivity contribution in [1.29, 1.82) is 0 Å². The summed E-state index contributed by atoms with van der Waals surface area (Å²) < 4.78 is 29.6. The second-order valence-electron chi connectivity index (χ2n) is 6.39. The average Bonchev–Trinajstić information content (AvgIpc) is 3.04. The molecule has 6 nitrogen and oxygen atoms in total. The van der Waals surface area contributed by atoms with E-state index in [1.807, 2.05) is 30.3 Å². The molecule has 0 aliphatic carbocycles. The number of sulfone groups is 1. The van der Waals surface area contributed by atoms with Gasteiger partial charge < -0.3 is 14.3 Å². The lowest BCUT2D eigenvalue weighted by Gasteiger charge is -2.36. The third kappa shape index (κ3) is 3.31. The molecule has 0 atom stereocenters. The van der Waals surface area contributed by atoms with Gasteiger partial charge in [0.05, 0.1) is 10.3 Å². The number of halogens is 1. The smallest absolute Gasteiger partial charge is 0.180 e. The van der Waals surface area contributed by atoms with E-state index < -0.39 is 9.84 Å². The van der Waals surface area contributed by atoms with Gasteiger partial charge in [0.1, 0.15) is 0 Å². The zero-order valence-electron chi connectivity index (χ0n) is 14.2. The van der Waals surface area contributed by atoms with E-state index in [2.05, 4.69) is 30.9 Å². The number of fused-ring (bicyclic) bond motifs is 1. The van der Waals surface area contributed by atoms with Crippen molar-refractivity contribution in [2.75, 3.05) is 42.2 Å². The summed E-state index contributed by atoms with van der Waals surface area (Å²) in [7, 11) is -3.16. The standard InChI is InChI=1S/C18H18BrN3O3S/c1-26(23,24)15-5-3-14(4-6-15)21-8-10-22(11-9-21)18-16-12-13(19)2-7-17(16)25-20-18/h2-7,12H,8-11H2,1H3. The van der Waals surface area contributed by atoms with Gasteiger partial charge in [0.25, 0.3) is 0 Å². The normalized spacial score (nSPS) is 15.6. The number of rotatable bonds is 3. The molecular weight excluding hydrogens is 418 g/mol. The Hall–Kier alpha value is -2.06. The molecule has 4 rings (SSSR count). The molecule has 0 amide bonds. The highest BCUT2D eigenvalue weighted by molar-refractivity contribution is 9.10. The molecule has 3 aromatic rings. The maximum atomic E-state index is 11.6. The largest absolute Gasteiger partial charge is 0.368 e. The van der Waals surface area contributed by atoms with Crippen LogP contribution in [0, 0.1) is 0 Å². The van der Waals surface area contributed by atoms with Crippen LogP contribution in [-0.2, 0) is 9.84 Å². The fraction of sp³-hybridized carbons (Fsp3) is 0.278. The molecule has 136 valence electrons. The van der Waals surface area contributed by atoms with Gasteiger partial charge in [0.15, 0.2) is 21.2 Å². The molecule has 1 aliphatic heterocycles. The van der Waals surface area contributed by atoms with Crippen molar-refractivity contribution < 1.29 is 12.9 Å². The van der Waals surface area contributed by atoms with E-state index in [1.54, 1.807) is 12.1 Å². The topological polar surface area (TPSA) is 66.7 Å². The van der Waals surface area contributed by atoms with E-state index in [1.165, 1.54) is 6.26 Å². The average molecular weight is 436 g/mol. The van der Waals surface area contributed by atoms with Gasteiger partial charge in [0, 0.05) is 42.6 Å². The zero-order chi connectivity index (χ0) is 18.3. The Balaban J connectivity index is 1.49. The van der Waals surface area contributed by atoms with Crippen LogP contribution in [0.15, 0.2) is 56.4 Å². The van der Waals surface area contributed by atoms with Crippen LogP contribution in [0.1, 0.15) is 0 Å². The van der Waals surface area contributed by atoms with Crippen LogP contribution in [0.25, 0.3) is 11.0 Å². The second-order valence-corrected chi connectivity index (χ2v) is 9.32. The molecule has 2 heterocycles. The SMILES string of the molecule is CS(=O)(=O)c1ccc(N2CCN(c3noc4ccc(Br)cc34)CC2)cc1. The lowest BCUT2D eigenvalue weighted by molar-refractivity contribution is 0.453. The summed E-state index contributed by atoms with van der Waals surface area (Å²) in [5, 5.41) is 5.25. The summed E-state index contributed by atoms with van der Waals surface area (Å²) >= 11 is 3.50. The minimum Gasteiger partial charge on any atom is -0.368 e. The molecule has 2 aromatic carbocycles. The second kappa shape index (κ2) is 6.59. The first-order valence-corrected chi connectivity index (χ1v) is 11.0. The third-order valence-corrected chi connectivity index (χ3v) is 6.24. The highest BCUT2D eigenvalue weighted by atomic mass is 79.9. The van der Waals surface area contributed by atoms with Crippen molar-refractivity contribution in [2.45, 2.75) is 4.90 Å². The first-order valence-electron chi connectivity index (χ1n) is 8.27. The quantitative estimate of drug-likeness (QED) is 0.628. The van der Waals surface area contributed by atoms with Crippen molar-refractivity contribution >= 4 is 48.2 Å². The molecule has 0 radical (unpaired) electrons. The van der Waals surface area contributed by atoms with Crippen molar-refractivity contribution in [3.63, 3.8) is 0 Å². The van der Waals surface area contributed by atoms with Crippen molar-refractivity contribution in [3.8, 4) is 0 Å². The van der Waals surface area contributed by atoms with Crippen molar-refractivity contribution in [1.82, 2.24) is 5.16 Å². The van der Waals surface area contributed by atoms with Crippen molar-refractivity contribution in [3.05, 3.63) is 46.9 Å². The molecule has 0 unspecified atom stereocenters. The molecule has 26 heavy (non-hydrogen) atoms.